The van der Waals surface area contributed by atoms with E-state index >= 15 is 0 Å². The molecule has 1 atom stereocenters. The van der Waals surface area contributed by atoms with Gasteiger partial charge in [-0.1, -0.05) is 39.5 Å². The Balaban J connectivity index is 2.22. The molecule has 0 amide bonds. The van der Waals surface area contributed by atoms with Gasteiger partial charge in [-0.3, -0.25) is 0 Å². The minimum atomic E-state index is -4.20. The van der Waals surface area contributed by atoms with Crippen LogP contribution in [0.2, 0.25) is 0 Å². The molecule has 0 radical (unpaired) electrons. The highest BCUT2D eigenvalue weighted by molar-refractivity contribution is 4.77. The maximum absolute atomic E-state index is 12.0. The van der Waals surface area contributed by atoms with E-state index in [0.29, 0.717) is 12.0 Å². The van der Waals surface area contributed by atoms with Gasteiger partial charge in [0.05, 0.1) is 0 Å². The molecular formula is C15H28F3NO. The maximum Gasteiger partial charge on any atom is 0.411 e. The van der Waals surface area contributed by atoms with Gasteiger partial charge in [-0.15, -0.1) is 0 Å². The largest absolute Gasteiger partial charge is 0.411 e. The number of rotatable bonds is 9. The van der Waals surface area contributed by atoms with Crippen molar-refractivity contribution in [2.75, 3.05) is 19.8 Å². The lowest BCUT2D eigenvalue weighted by molar-refractivity contribution is -0.174. The first-order valence-electron chi connectivity index (χ1n) is 7.76. The fourth-order valence-corrected chi connectivity index (χ4v) is 2.96. The standard InChI is InChI=1S/C15H28F3NO/c1-12(2)19-10-14(13-6-3-4-7-13)8-5-9-20-11-15(16,17)18/h12-14,19H,3-11H2,1-2H3. The molecule has 0 saturated heterocycles. The fourth-order valence-electron chi connectivity index (χ4n) is 2.96. The molecule has 1 rings (SSSR count). The third-order valence-corrected chi connectivity index (χ3v) is 3.98. The number of nitrogens with one attached hydrogen (secondary N) is 1. The van der Waals surface area contributed by atoms with E-state index in [1.807, 2.05) is 0 Å². The topological polar surface area (TPSA) is 21.3 Å². The summed E-state index contributed by atoms with van der Waals surface area (Å²) >= 11 is 0. The van der Waals surface area contributed by atoms with Crippen LogP contribution < -0.4 is 5.32 Å². The van der Waals surface area contributed by atoms with Crippen molar-refractivity contribution in [3.05, 3.63) is 0 Å². The monoisotopic (exact) mass is 295 g/mol. The minimum absolute atomic E-state index is 0.213. The molecule has 0 heterocycles. The minimum Gasteiger partial charge on any atom is -0.372 e. The van der Waals surface area contributed by atoms with Gasteiger partial charge in [0.25, 0.3) is 0 Å². The summed E-state index contributed by atoms with van der Waals surface area (Å²) in [7, 11) is 0. The van der Waals surface area contributed by atoms with Gasteiger partial charge < -0.3 is 10.1 Å². The third-order valence-electron chi connectivity index (χ3n) is 3.98. The highest BCUT2D eigenvalue weighted by Crippen LogP contribution is 2.33. The Kier molecular flexibility index (Phi) is 7.88. The van der Waals surface area contributed by atoms with E-state index in [-0.39, 0.29) is 6.61 Å². The highest BCUT2D eigenvalue weighted by Gasteiger charge is 2.28. The van der Waals surface area contributed by atoms with Crippen LogP contribution in [0.15, 0.2) is 0 Å². The zero-order valence-electron chi connectivity index (χ0n) is 12.6. The second-order valence-corrected chi connectivity index (χ2v) is 6.18. The normalized spacial score (nSPS) is 18.9. The summed E-state index contributed by atoms with van der Waals surface area (Å²) in [5.41, 5.74) is 0. The van der Waals surface area contributed by atoms with Crippen molar-refractivity contribution in [2.24, 2.45) is 11.8 Å². The molecule has 1 fully saturated rings. The second kappa shape index (κ2) is 8.88. The molecule has 5 heteroatoms. The average Bonchev–Trinajstić information content (AvgIpc) is 2.84. The SMILES string of the molecule is CC(C)NCC(CCCOCC(F)(F)F)C1CCCC1. The summed E-state index contributed by atoms with van der Waals surface area (Å²) in [5.74, 6) is 1.32. The summed E-state index contributed by atoms with van der Waals surface area (Å²) in [4.78, 5) is 0. The lowest BCUT2D eigenvalue weighted by Gasteiger charge is -2.25. The van der Waals surface area contributed by atoms with Gasteiger partial charge in [0.2, 0.25) is 0 Å². The summed E-state index contributed by atoms with van der Waals surface area (Å²) in [6.45, 7) is 4.31. The van der Waals surface area contributed by atoms with E-state index in [9.17, 15) is 13.2 Å². The fraction of sp³-hybridized carbons (Fsp3) is 1.00. The zero-order chi connectivity index (χ0) is 15.0. The molecule has 0 aromatic rings. The number of ether oxygens (including phenoxy) is 1. The van der Waals surface area contributed by atoms with Gasteiger partial charge in [0, 0.05) is 12.6 Å². The van der Waals surface area contributed by atoms with E-state index in [0.717, 1.165) is 25.3 Å². The predicted molar refractivity (Wildman–Crippen MR) is 74.7 cm³/mol. The van der Waals surface area contributed by atoms with Crippen LogP contribution in [0.1, 0.15) is 52.4 Å². The van der Waals surface area contributed by atoms with E-state index in [1.165, 1.54) is 25.7 Å². The zero-order valence-corrected chi connectivity index (χ0v) is 12.6. The Morgan fingerprint density at radius 1 is 1.20 bits per heavy atom. The van der Waals surface area contributed by atoms with Crippen LogP contribution in [0.25, 0.3) is 0 Å². The smallest absolute Gasteiger partial charge is 0.372 e. The van der Waals surface area contributed by atoms with Crippen LogP contribution in [0.4, 0.5) is 13.2 Å². The lowest BCUT2D eigenvalue weighted by Crippen LogP contribution is -2.32. The van der Waals surface area contributed by atoms with Crippen molar-refractivity contribution < 1.29 is 17.9 Å². The first kappa shape index (κ1) is 17.8. The van der Waals surface area contributed by atoms with Crippen molar-refractivity contribution in [1.29, 1.82) is 0 Å². The number of alkyl halides is 3. The van der Waals surface area contributed by atoms with Crippen LogP contribution in [-0.2, 0) is 4.74 Å². The first-order chi connectivity index (χ1) is 9.38. The molecule has 20 heavy (non-hydrogen) atoms. The molecule has 1 unspecified atom stereocenters. The van der Waals surface area contributed by atoms with Gasteiger partial charge >= 0.3 is 6.18 Å². The van der Waals surface area contributed by atoms with Crippen molar-refractivity contribution in [1.82, 2.24) is 5.32 Å². The van der Waals surface area contributed by atoms with Gasteiger partial charge in [-0.25, -0.2) is 0 Å². The molecular weight excluding hydrogens is 267 g/mol. The third kappa shape index (κ3) is 8.10. The van der Waals surface area contributed by atoms with Gasteiger partial charge in [0.15, 0.2) is 0 Å². The summed E-state index contributed by atoms with van der Waals surface area (Å²) in [5, 5.41) is 3.47. The number of halogens is 3. The van der Waals surface area contributed by atoms with Gasteiger partial charge in [-0.2, -0.15) is 13.2 Å². The molecule has 0 bridgehead atoms. The molecule has 0 aromatic heterocycles. The molecule has 120 valence electrons. The second-order valence-electron chi connectivity index (χ2n) is 6.18. The summed E-state index contributed by atoms with van der Waals surface area (Å²) in [6.07, 6.45) is 2.62. The lowest BCUT2D eigenvalue weighted by atomic mass is 9.87. The summed E-state index contributed by atoms with van der Waals surface area (Å²) < 4.78 is 40.6. The summed E-state index contributed by atoms with van der Waals surface area (Å²) in [6, 6.07) is 0.459. The van der Waals surface area contributed by atoms with Crippen molar-refractivity contribution in [3.63, 3.8) is 0 Å². The molecule has 0 aromatic carbocycles. The van der Waals surface area contributed by atoms with Crippen molar-refractivity contribution in [2.45, 2.75) is 64.6 Å². The molecule has 1 saturated carbocycles. The van der Waals surface area contributed by atoms with Crippen molar-refractivity contribution in [3.8, 4) is 0 Å². The number of hydrogen-bond donors (Lipinski definition) is 1. The van der Waals surface area contributed by atoms with Gasteiger partial charge in [-0.05, 0) is 31.2 Å². The molecule has 1 N–H and O–H groups in total. The average molecular weight is 295 g/mol. The van der Waals surface area contributed by atoms with E-state index in [1.54, 1.807) is 0 Å². The maximum atomic E-state index is 12.0. The van der Waals surface area contributed by atoms with Crippen LogP contribution in [0, 0.1) is 11.8 Å². The Morgan fingerprint density at radius 3 is 2.40 bits per heavy atom. The van der Waals surface area contributed by atoms with Gasteiger partial charge in [0.1, 0.15) is 6.61 Å². The van der Waals surface area contributed by atoms with Crippen LogP contribution in [0.5, 0.6) is 0 Å². The Bertz CT molecular complexity index is 250. The molecule has 0 spiro atoms. The van der Waals surface area contributed by atoms with E-state index in [4.69, 9.17) is 4.74 Å². The molecule has 0 aliphatic heterocycles. The molecule has 2 nitrogen and oxygen atoms in total. The van der Waals surface area contributed by atoms with Crippen LogP contribution in [0.3, 0.4) is 0 Å². The quantitative estimate of drug-likeness (QED) is 0.645. The Morgan fingerprint density at radius 2 is 1.85 bits per heavy atom. The Hall–Kier alpha value is -0.290. The molecule has 1 aliphatic carbocycles. The van der Waals surface area contributed by atoms with Crippen molar-refractivity contribution >= 4 is 0 Å². The van der Waals surface area contributed by atoms with E-state index in [2.05, 4.69) is 19.2 Å². The number of hydrogen-bond acceptors (Lipinski definition) is 2. The first-order valence-corrected chi connectivity index (χ1v) is 7.76. The highest BCUT2D eigenvalue weighted by atomic mass is 19.4. The van der Waals surface area contributed by atoms with Crippen LogP contribution >= 0.6 is 0 Å². The van der Waals surface area contributed by atoms with E-state index < -0.39 is 12.8 Å². The van der Waals surface area contributed by atoms with Crippen LogP contribution in [-0.4, -0.2) is 32.0 Å². The Labute approximate surface area is 120 Å². The predicted octanol–water partition coefficient (Wildman–Crippen LogP) is 4.15. The molecule has 1 aliphatic rings.